The molecule has 0 heterocycles. The van der Waals surface area contributed by atoms with Crippen LogP contribution in [0, 0.1) is 0 Å². The van der Waals surface area contributed by atoms with E-state index in [1.54, 1.807) is 0 Å². The highest BCUT2D eigenvalue weighted by Crippen LogP contribution is 2.15. The second-order valence-corrected chi connectivity index (χ2v) is 4.24. The fourth-order valence-corrected chi connectivity index (χ4v) is 1.96. The van der Waals surface area contributed by atoms with E-state index < -0.39 is 6.10 Å². The maximum absolute atomic E-state index is 10.0. The molecule has 0 fully saturated rings. The van der Waals surface area contributed by atoms with Gasteiger partial charge in [-0.25, -0.2) is 0 Å². The van der Waals surface area contributed by atoms with Gasteiger partial charge >= 0.3 is 0 Å². The summed E-state index contributed by atoms with van der Waals surface area (Å²) >= 11 is 5.89. The van der Waals surface area contributed by atoms with Crippen molar-refractivity contribution < 1.29 is 9.84 Å². The number of hydrogen-bond donors (Lipinski definition) is 1. The van der Waals surface area contributed by atoms with Crippen molar-refractivity contribution in [1.82, 2.24) is 0 Å². The minimum atomic E-state index is -0.469. The standard InChI is InChI=1S/C13H19ClO2/c1-3-13(16-4-2)12(15)9-10-6-5-7-11(14)8-10/h5-8,12-13,15H,3-4,9H2,1-2H3. The van der Waals surface area contributed by atoms with Gasteiger partial charge in [0, 0.05) is 18.1 Å². The second-order valence-electron chi connectivity index (χ2n) is 3.80. The molecule has 2 atom stereocenters. The molecule has 1 N–H and O–H groups in total. The highest BCUT2D eigenvalue weighted by atomic mass is 35.5. The fourth-order valence-electron chi connectivity index (χ4n) is 1.75. The van der Waals surface area contributed by atoms with Crippen molar-refractivity contribution in [2.75, 3.05) is 6.61 Å². The minimum absolute atomic E-state index is 0.0935. The zero-order chi connectivity index (χ0) is 12.0. The summed E-state index contributed by atoms with van der Waals surface area (Å²) in [4.78, 5) is 0. The SMILES string of the molecule is CCOC(CC)C(O)Cc1cccc(Cl)c1. The van der Waals surface area contributed by atoms with Crippen LogP contribution in [0.5, 0.6) is 0 Å². The first-order valence-electron chi connectivity index (χ1n) is 5.71. The summed E-state index contributed by atoms with van der Waals surface area (Å²) in [7, 11) is 0. The zero-order valence-electron chi connectivity index (χ0n) is 9.82. The molecule has 3 heteroatoms. The molecule has 0 spiro atoms. The number of benzene rings is 1. The van der Waals surface area contributed by atoms with Crippen molar-refractivity contribution in [1.29, 1.82) is 0 Å². The van der Waals surface area contributed by atoms with E-state index in [0.717, 1.165) is 12.0 Å². The van der Waals surface area contributed by atoms with E-state index in [0.29, 0.717) is 18.1 Å². The quantitative estimate of drug-likeness (QED) is 0.831. The summed E-state index contributed by atoms with van der Waals surface area (Å²) in [6, 6.07) is 7.57. The van der Waals surface area contributed by atoms with Crippen LogP contribution in [0.15, 0.2) is 24.3 Å². The van der Waals surface area contributed by atoms with Gasteiger partial charge < -0.3 is 9.84 Å². The van der Waals surface area contributed by atoms with Crippen LogP contribution < -0.4 is 0 Å². The van der Waals surface area contributed by atoms with E-state index in [1.807, 2.05) is 38.1 Å². The van der Waals surface area contributed by atoms with Gasteiger partial charge in [-0.15, -0.1) is 0 Å². The molecule has 0 amide bonds. The van der Waals surface area contributed by atoms with Gasteiger partial charge in [-0.05, 0) is 31.0 Å². The summed E-state index contributed by atoms with van der Waals surface area (Å²) in [5.74, 6) is 0. The lowest BCUT2D eigenvalue weighted by Crippen LogP contribution is -2.30. The molecule has 0 aromatic heterocycles. The number of aliphatic hydroxyl groups is 1. The maximum atomic E-state index is 10.0. The number of hydrogen-bond acceptors (Lipinski definition) is 2. The van der Waals surface area contributed by atoms with Gasteiger partial charge in [0.25, 0.3) is 0 Å². The molecule has 0 radical (unpaired) electrons. The second kappa shape index (κ2) is 6.89. The van der Waals surface area contributed by atoms with Crippen LogP contribution in [0.2, 0.25) is 5.02 Å². The molecule has 0 saturated carbocycles. The third kappa shape index (κ3) is 4.12. The smallest absolute Gasteiger partial charge is 0.0841 e. The third-order valence-corrected chi connectivity index (χ3v) is 2.78. The third-order valence-electron chi connectivity index (χ3n) is 2.55. The number of aliphatic hydroxyl groups excluding tert-OH is 1. The molecule has 0 aliphatic heterocycles. The first kappa shape index (κ1) is 13.5. The molecule has 0 bridgehead atoms. The largest absolute Gasteiger partial charge is 0.390 e. The normalized spacial score (nSPS) is 14.8. The van der Waals surface area contributed by atoms with E-state index in [2.05, 4.69) is 0 Å². The average Bonchev–Trinajstić information content (AvgIpc) is 2.25. The van der Waals surface area contributed by atoms with Crippen molar-refractivity contribution in [3.05, 3.63) is 34.9 Å². The average molecular weight is 243 g/mol. The topological polar surface area (TPSA) is 29.5 Å². The van der Waals surface area contributed by atoms with E-state index in [9.17, 15) is 5.11 Å². The molecular weight excluding hydrogens is 224 g/mol. The van der Waals surface area contributed by atoms with Crippen molar-refractivity contribution in [3.8, 4) is 0 Å². The Morgan fingerprint density at radius 1 is 1.38 bits per heavy atom. The van der Waals surface area contributed by atoms with Gasteiger partial charge in [0.1, 0.15) is 0 Å². The van der Waals surface area contributed by atoms with Gasteiger partial charge in [-0.3, -0.25) is 0 Å². The monoisotopic (exact) mass is 242 g/mol. The zero-order valence-corrected chi connectivity index (χ0v) is 10.6. The number of ether oxygens (including phenoxy) is 1. The first-order chi connectivity index (χ1) is 7.67. The van der Waals surface area contributed by atoms with E-state index >= 15 is 0 Å². The minimum Gasteiger partial charge on any atom is -0.390 e. The van der Waals surface area contributed by atoms with Crippen LogP contribution in [-0.2, 0) is 11.2 Å². The summed E-state index contributed by atoms with van der Waals surface area (Å²) in [5, 5.41) is 10.7. The van der Waals surface area contributed by atoms with Gasteiger partial charge in [-0.1, -0.05) is 30.7 Å². The number of halogens is 1. The summed E-state index contributed by atoms with van der Waals surface area (Å²) in [5.41, 5.74) is 1.04. The van der Waals surface area contributed by atoms with Crippen molar-refractivity contribution in [3.63, 3.8) is 0 Å². The molecular formula is C13H19ClO2. The molecule has 1 rings (SSSR count). The van der Waals surface area contributed by atoms with Gasteiger partial charge in [0.2, 0.25) is 0 Å². The summed E-state index contributed by atoms with van der Waals surface area (Å²) in [6.07, 6.45) is 0.835. The van der Waals surface area contributed by atoms with Crippen molar-refractivity contribution in [2.45, 2.75) is 38.9 Å². The summed E-state index contributed by atoms with van der Waals surface area (Å²) < 4.78 is 5.47. The Kier molecular flexibility index (Phi) is 5.81. The molecule has 16 heavy (non-hydrogen) atoms. The molecule has 1 aromatic carbocycles. The molecule has 0 aliphatic rings. The van der Waals surface area contributed by atoms with Crippen molar-refractivity contribution in [2.24, 2.45) is 0 Å². The highest BCUT2D eigenvalue weighted by molar-refractivity contribution is 6.30. The van der Waals surface area contributed by atoms with Crippen LogP contribution in [0.25, 0.3) is 0 Å². The van der Waals surface area contributed by atoms with Crippen molar-refractivity contribution >= 4 is 11.6 Å². The van der Waals surface area contributed by atoms with E-state index in [4.69, 9.17) is 16.3 Å². The Morgan fingerprint density at radius 2 is 2.12 bits per heavy atom. The fraction of sp³-hybridized carbons (Fsp3) is 0.538. The van der Waals surface area contributed by atoms with E-state index in [-0.39, 0.29) is 6.10 Å². The van der Waals surface area contributed by atoms with Crippen LogP contribution in [-0.4, -0.2) is 23.9 Å². The maximum Gasteiger partial charge on any atom is 0.0841 e. The molecule has 2 nitrogen and oxygen atoms in total. The molecule has 0 saturated heterocycles. The van der Waals surface area contributed by atoms with Crippen LogP contribution in [0.3, 0.4) is 0 Å². The van der Waals surface area contributed by atoms with Gasteiger partial charge in [-0.2, -0.15) is 0 Å². The molecule has 90 valence electrons. The molecule has 1 aromatic rings. The van der Waals surface area contributed by atoms with Crippen LogP contribution in [0.4, 0.5) is 0 Å². The Hall–Kier alpha value is -0.570. The van der Waals surface area contributed by atoms with Crippen LogP contribution in [0.1, 0.15) is 25.8 Å². The lowest BCUT2D eigenvalue weighted by Gasteiger charge is -2.21. The van der Waals surface area contributed by atoms with E-state index in [1.165, 1.54) is 0 Å². The molecule has 0 aliphatic carbocycles. The first-order valence-corrected chi connectivity index (χ1v) is 6.09. The Bertz CT molecular complexity index is 315. The predicted molar refractivity (Wildman–Crippen MR) is 66.9 cm³/mol. The lowest BCUT2D eigenvalue weighted by atomic mass is 10.0. The number of rotatable bonds is 6. The Morgan fingerprint density at radius 3 is 2.69 bits per heavy atom. The van der Waals surface area contributed by atoms with Gasteiger partial charge in [0.05, 0.1) is 12.2 Å². The Balaban J connectivity index is 2.58. The van der Waals surface area contributed by atoms with Gasteiger partial charge in [0.15, 0.2) is 0 Å². The Labute approximate surface area is 102 Å². The highest BCUT2D eigenvalue weighted by Gasteiger charge is 2.17. The molecule has 2 unspecified atom stereocenters. The summed E-state index contributed by atoms with van der Waals surface area (Å²) in [6.45, 7) is 4.58. The lowest BCUT2D eigenvalue weighted by molar-refractivity contribution is -0.0334. The predicted octanol–water partition coefficient (Wildman–Crippen LogP) is 3.06. The van der Waals surface area contributed by atoms with Crippen LogP contribution >= 0.6 is 11.6 Å².